The van der Waals surface area contributed by atoms with Gasteiger partial charge in [-0.2, -0.15) is 0 Å². The van der Waals surface area contributed by atoms with E-state index in [2.05, 4.69) is 44.9 Å². The second kappa shape index (κ2) is 5.56. The lowest BCUT2D eigenvalue weighted by atomic mass is 10.1. The van der Waals surface area contributed by atoms with E-state index in [9.17, 15) is 0 Å². The van der Waals surface area contributed by atoms with Gasteiger partial charge in [-0.15, -0.1) is 11.3 Å². The van der Waals surface area contributed by atoms with Crippen molar-refractivity contribution in [1.82, 2.24) is 15.3 Å². The number of nitrogens with zero attached hydrogens (tertiary/aromatic N) is 2. The van der Waals surface area contributed by atoms with Crippen LogP contribution in [0, 0.1) is 0 Å². The highest BCUT2D eigenvalue weighted by Crippen LogP contribution is 2.29. The van der Waals surface area contributed by atoms with Crippen molar-refractivity contribution in [2.45, 2.75) is 6.54 Å². The molecule has 2 N–H and O–H groups in total. The molecule has 3 rings (SSSR count). The highest BCUT2D eigenvalue weighted by molar-refractivity contribution is 7.15. The second-order valence-electron chi connectivity index (χ2n) is 4.53. The van der Waals surface area contributed by atoms with Gasteiger partial charge in [-0.3, -0.25) is 0 Å². The van der Waals surface area contributed by atoms with Gasteiger partial charge in [0, 0.05) is 31.4 Å². The first-order chi connectivity index (χ1) is 9.80. The summed E-state index contributed by atoms with van der Waals surface area (Å²) >= 11 is 1.72. The number of pyridine rings is 1. The van der Waals surface area contributed by atoms with Crippen molar-refractivity contribution >= 4 is 27.9 Å². The fourth-order valence-corrected chi connectivity index (χ4v) is 3.03. The van der Waals surface area contributed by atoms with Gasteiger partial charge in [0.2, 0.25) is 0 Å². The minimum absolute atomic E-state index is 0.812. The predicted molar refractivity (Wildman–Crippen MR) is 85.2 cm³/mol. The molecule has 0 amide bonds. The Balaban J connectivity index is 2.02. The van der Waals surface area contributed by atoms with Crippen LogP contribution >= 0.6 is 11.3 Å². The van der Waals surface area contributed by atoms with Gasteiger partial charge in [0.25, 0.3) is 0 Å². The Hall–Kier alpha value is -1.98. The molecular weight excluding hydrogens is 268 g/mol. The summed E-state index contributed by atoms with van der Waals surface area (Å²) in [5.74, 6) is 0.884. The molecular formula is C15H16N4S. The van der Waals surface area contributed by atoms with E-state index in [4.69, 9.17) is 0 Å². The van der Waals surface area contributed by atoms with Crippen LogP contribution in [-0.2, 0) is 6.54 Å². The number of anilines is 1. The van der Waals surface area contributed by atoms with E-state index in [1.807, 2.05) is 26.5 Å². The lowest BCUT2D eigenvalue weighted by Crippen LogP contribution is -2.03. The summed E-state index contributed by atoms with van der Waals surface area (Å²) in [4.78, 5) is 9.95. The van der Waals surface area contributed by atoms with Gasteiger partial charge in [0.15, 0.2) is 0 Å². The average Bonchev–Trinajstić information content (AvgIpc) is 2.95. The first kappa shape index (κ1) is 13.0. The molecule has 0 atom stereocenters. The molecule has 0 saturated heterocycles. The molecule has 2 heterocycles. The molecule has 0 aliphatic carbocycles. The van der Waals surface area contributed by atoms with Crippen LogP contribution in [0.5, 0.6) is 0 Å². The molecule has 3 aromatic rings. The van der Waals surface area contributed by atoms with Crippen LogP contribution in [0.2, 0.25) is 0 Å². The van der Waals surface area contributed by atoms with Crippen molar-refractivity contribution in [3.8, 4) is 10.4 Å². The average molecular weight is 284 g/mol. The van der Waals surface area contributed by atoms with E-state index >= 15 is 0 Å². The zero-order chi connectivity index (χ0) is 13.9. The topological polar surface area (TPSA) is 49.8 Å². The number of hydrogen-bond acceptors (Lipinski definition) is 5. The lowest BCUT2D eigenvalue weighted by Gasteiger charge is -2.04. The predicted octanol–water partition coefficient (Wildman–Crippen LogP) is 3.12. The maximum absolute atomic E-state index is 4.43. The summed E-state index contributed by atoms with van der Waals surface area (Å²) in [6.45, 7) is 0.812. The molecule has 20 heavy (non-hydrogen) atoms. The van der Waals surface area contributed by atoms with Crippen LogP contribution in [0.4, 0.5) is 5.82 Å². The van der Waals surface area contributed by atoms with E-state index in [1.165, 1.54) is 15.8 Å². The Morgan fingerprint density at radius 3 is 2.75 bits per heavy atom. The molecule has 5 heteroatoms. The van der Waals surface area contributed by atoms with Crippen LogP contribution in [0.3, 0.4) is 0 Å². The minimum Gasteiger partial charge on any atom is -0.373 e. The molecule has 0 aliphatic rings. The number of hydrogen-bond donors (Lipinski definition) is 2. The molecule has 0 unspecified atom stereocenters. The zero-order valence-electron chi connectivity index (χ0n) is 11.5. The molecule has 0 saturated carbocycles. The van der Waals surface area contributed by atoms with Gasteiger partial charge < -0.3 is 10.6 Å². The molecule has 0 fully saturated rings. The molecule has 2 aromatic heterocycles. The Kier molecular flexibility index (Phi) is 3.62. The van der Waals surface area contributed by atoms with Crippen molar-refractivity contribution in [3.63, 3.8) is 0 Å². The standard InChI is InChI=1S/C15H16N4S/c1-16-9-15-19-8-13(20-15)10-3-4-11-7-18-14(17-2)6-12(11)5-10/h3-8,16H,9H2,1-2H3,(H,17,18). The van der Waals surface area contributed by atoms with Gasteiger partial charge in [0.1, 0.15) is 10.8 Å². The number of thiazole rings is 1. The van der Waals surface area contributed by atoms with Crippen LogP contribution in [0.15, 0.2) is 36.7 Å². The maximum atomic E-state index is 4.43. The summed E-state index contributed by atoms with van der Waals surface area (Å²) in [6, 6.07) is 8.48. The van der Waals surface area contributed by atoms with Gasteiger partial charge in [-0.25, -0.2) is 9.97 Å². The molecule has 1 aromatic carbocycles. The van der Waals surface area contributed by atoms with E-state index < -0.39 is 0 Å². The number of rotatable bonds is 4. The van der Waals surface area contributed by atoms with Crippen LogP contribution < -0.4 is 10.6 Å². The van der Waals surface area contributed by atoms with Crippen LogP contribution in [0.1, 0.15) is 5.01 Å². The Morgan fingerprint density at radius 2 is 1.95 bits per heavy atom. The third-order valence-electron chi connectivity index (χ3n) is 3.14. The maximum Gasteiger partial charge on any atom is 0.126 e. The Labute approximate surface area is 121 Å². The third-order valence-corrected chi connectivity index (χ3v) is 4.19. The number of nitrogens with one attached hydrogen (secondary N) is 2. The minimum atomic E-state index is 0.812. The Bertz CT molecular complexity index is 736. The fraction of sp³-hybridized carbons (Fsp3) is 0.200. The number of aromatic nitrogens is 2. The van der Waals surface area contributed by atoms with Crippen molar-refractivity contribution in [3.05, 3.63) is 41.7 Å². The van der Waals surface area contributed by atoms with Gasteiger partial charge in [-0.1, -0.05) is 12.1 Å². The van der Waals surface area contributed by atoms with Crippen molar-refractivity contribution in [1.29, 1.82) is 0 Å². The quantitative estimate of drug-likeness (QED) is 0.773. The van der Waals surface area contributed by atoms with Gasteiger partial charge in [0.05, 0.1) is 4.88 Å². The van der Waals surface area contributed by atoms with Crippen molar-refractivity contribution in [2.75, 3.05) is 19.4 Å². The normalized spacial score (nSPS) is 10.9. The lowest BCUT2D eigenvalue weighted by molar-refractivity contribution is 0.810. The van der Waals surface area contributed by atoms with Crippen molar-refractivity contribution < 1.29 is 0 Å². The first-order valence-electron chi connectivity index (χ1n) is 6.47. The summed E-state index contributed by atoms with van der Waals surface area (Å²) < 4.78 is 0. The third kappa shape index (κ3) is 2.50. The fourth-order valence-electron chi connectivity index (χ4n) is 2.11. The summed E-state index contributed by atoms with van der Waals surface area (Å²) in [7, 11) is 3.81. The molecule has 0 spiro atoms. The summed E-state index contributed by atoms with van der Waals surface area (Å²) in [5, 5.41) is 9.63. The molecule has 4 nitrogen and oxygen atoms in total. The molecule has 0 radical (unpaired) electrons. The molecule has 0 aliphatic heterocycles. The van der Waals surface area contributed by atoms with E-state index in [-0.39, 0.29) is 0 Å². The van der Waals surface area contributed by atoms with Gasteiger partial charge >= 0.3 is 0 Å². The highest BCUT2D eigenvalue weighted by Gasteiger charge is 2.05. The SMILES string of the molecule is CNCc1ncc(-c2ccc3cnc(NC)cc3c2)s1. The van der Waals surface area contributed by atoms with Crippen molar-refractivity contribution in [2.24, 2.45) is 0 Å². The number of benzene rings is 1. The molecule has 0 bridgehead atoms. The highest BCUT2D eigenvalue weighted by atomic mass is 32.1. The van der Waals surface area contributed by atoms with Gasteiger partial charge in [-0.05, 0) is 30.1 Å². The largest absolute Gasteiger partial charge is 0.373 e. The molecule has 102 valence electrons. The summed E-state index contributed by atoms with van der Waals surface area (Å²) in [5.41, 5.74) is 1.20. The number of fused-ring (bicyclic) bond motifs is 1. The van der Waals surface area contributed by atoms with Crippen LogP contribution in [0.25, 0.3) is 21.2 Å². The monoisotopic (exact) mass is 284 g/mol. The van der Waals surface area contributed by atoms with E-state index in [0.717, 1.165) is 22.8 Å². The smallest absolute Gasteiger partial charge is 0.126 e. The first-order valence-corrected chi connectivity index (χ1v) is 7.29. The summed E-state index contributed by atoms with van der Waals surface area (Å²) in [6.07, 6.45) is 3.84. The van der Waals surface area contributed by atoms with Crippen LogP contribution in [-0.4, -0.2) is 24.1 Å². The van der Waals surface area contributed by atoms with E-state index in [0.29, 0.717) is 0 Å². The Morgan fingerprint density at radius 1 is 1.05 bits per heavy atom. The van der Waals surface area contributed by atoms with E-state index in [1.54, 1.807) is 11.3 Å². The second-order valence-corrected chi connectivity index (χ2v) is 5.65. The zero-order valence-corrected chi connectivity index (χ0v) is 12.3.